The topological polar surface area (TPSA) is 68.5 Å². The van der Waals surface area contributed by atoms with Gasteiger partial charge < -0.3 is 14.2 Å². The molecule has 3 aromatic rings. The molecule has 1 unspecified atom stereocenters. The Kier molecular flexibility index (Phi) is 4.86. The predicted octanol–water partition coefficient (Wildman–Crippen LogP) is 4.27. The summed E-state index contributed by atoms with van der Waals surface area (Å²) in [5, 5.41) is 4.10. The van der Waals surface area contributed by atoms with Crippen LogP contribution in [0.15, 0.2) is 47.0 Å². The maximum atomic E-state index is 12.6. The van der Waals surface area contributed by atoms with Crippen molar-refractivity contribution >= 4 is 11.6 Å². The first-order chi connectivity index (χ1) is 13.5. The molecule has 0 spiro atoms. The monoisotopic (exact) mass is 377 g/mol. The minimum absolute atomic E-state index is 0.0778. The van der Waals surface area contributed by atoms with E-state index in [1.807, 2.05) is 43.3 Å². The number of carbonyl (C=O) groups excluding carboxylic acids is 1. The molecule has 0 aliphatic carbocycles. The molecule has 0 radical (unpaired) electrons. The molecule has 6 nitrogen and oxygen atoms in total. The molecule has 1 aromatic heterocycles. The smallest absolute Gasteiger partial charge is 0.232 e. The van der Waals surface area contributed by atoms with Crippen LogP contribution in [0.1, 0.15) is 36.3 Å². The maximum absolute atomic E-state index is 12.6. The van der Waals surface area contributed by atoms with Crippen LogP contribution in [0.4, 0.5) is 5.69 Å². The summed E-state index contributed by atoms with van der Waals surface area (Å²) in [6.45, 7) is 7.24. The van der Waals surface area contributed by atoms with Crippen molar-refractivity contribution in [2.45, 2.75) is 33.1 Å². The Morgan fingerprint density at radius 1 is 1.14 bits per heavy atom. The van der Waals surface area contributed by atoms with Gasteiger partial charge in [-0.05, 0) is 68.3 Å². The third-order valence-corrected chi connectivity index (χ3v) is 5.14. The van der Waals surface area contributed by atoms with Crippen LogP contribution in [0.3, 0.4) is 0 Å². The number of amides is 1. The molecular weight excluding hydrogens is 354 g/mol. The molecule has 0 bridgehead atoms. The standard InChI is InChI=1S/C22H23N3O3/c1-4-27-19-9-6-16(7-10-19)21-23-22(28-24-21)17-12-20(26)25(13-17)18-8-5-14(2)15(3)11-18/h5-11,17H,4,12-13H2,1-3H3. The second-order valence-electron chi connectivity index (χ2n) is 7.09. The number of hydrogen-bond donors (Lipinski definition) is 0. The number of rotatable bonds is 5. The number of carbonyl (C=O) groups is 1. The van der Waals surface area contributed by atoms with Crippen molar-refractivity contribution in [2.75, 3.05) is 18.1 Å². The maximum Gasteiger partial charge on any atom is 0.232 e. The molecule has 2 aromatic carbocycles. The zero-order chi connectivity index (χ0) is 19.7. The van der Waals surface area contributed by atoms with E-state index in [1.54, 1.807) is 4.90 Å². The minimum atomic E-state index is -0.0990. The highest BCUT2D eigenvalue weighted by atomic mass is 16.5. The van der Waals surface area contributed by atoms with Crippen LogP contribution in [-0.4, -0.2) is 29.2 Å². The molecule has 1 aliphatic rings. The van der Waals surface area contributed by atoms with Crippen LogP contribution in [0.5, 0.6) is 5.75 Å². The van der Waals surface area contributed by atoms with E-state index in [0.717, 1.165) is 17.0 Å². The van der Waals surface area contributed by atoms with Gasteiger partial charge in [-0.3, -0.25) is 4.79 Å². The molecule has 1 saturated heterocycles. The fourth-order valence-corrected chi connectivity index (χ4v) is 3.40. The first kappa shape index (κ1) is 18.2. The summed E-state index contributed by atoms with van der Waals surface area (Å²) in [6.07, 6.45) is 0.373. The summed E-state index contributed by atoms with van der Waals surface area (Å²) in [6, 6.07) is 13.7. The van der Waals surface area contributed by atoms with Crippen LogP contribution in [0.25, 0.3) is 11.4 Å². The summed E-state index contributed by atoms with van der Waals surface area (Å²) >= 11 is 0. The molecule has 1 aliphatic heterocycles. The highest BCUT2D eigenvalue weighted by Gasteiger charge is 2.35. The lowest BCUT2D eigenvalue weighted by Crippen LogP contribution is -2.24. The van der Waals surface area contributed by atoms with Gasteiger partial charge >= 0.3 is 0 Å². The fourth-order valence-electron chi connectivity index (χ4n) is 3.40. The van der Waals surface area contributed by atoms with Gasteiger partial charge in [0.2, 0.25) is 17.6 Å². The van der Waals surface area contributed by atoms with Crippen LogP contribution in [-0.2, 0) is 4.79 Å². The van der Waals surface area contributed by atoms with Gasteiger partial charge in [-0.1, -0.05) is 11.2 Å². The Morgan fingerprint density at radius 2 is 1.93 bits per heavy atom. The Bertz CT molecular complexity index is 995. The van der Waals surface area contributed by atoms with Crippen molar-refractivity contribution in [3.63, 3.8) is 0 Å². The third kappa shape index (κ3) is 3.50. The average molecular weight is 377 g/mol. The highest BCUT2D eigenvalue weighted by Crippen LogP contribution is 2.32. The van der Waals surface area contributed by atoms with Crippen molar-refractivity contribution in [2.24, 2.45) is 0 Å². The Balaban J connectivity index is 1.51. The zero-order valence-electron chi connectivity index (χ0n) is 16.3. The fraction of sp³-hybridized carbons (Fsp3) is 0.318. The first-order valence-electron chi connectivity index (χ1n) is 9.49. The van der Waals surface area contributed by atoms with Crippen molar-refractivity contribution in [3.8, 4) is 17.1 Å². The normalized spacial score (nSPS) is 16.6. The van der Waals surface area contributed by atoms with E-state index in [0.29, 0.717) is 31.3 Å². The van der Waals surface area contributed by atoms with Crippen LogP contribution in [0, 0.1) is 13.8 Å². The molecule has 2 heterocycles. The summed E-state index contributed by atoms with van der Waals surface area (Å²) in [5.74, 6) is 1.81. The van der Waals surface area contributed by atoms with Crippen LogP contribution >= 0.6 is 0 Å². The zero-order valence-corrected chi connectivity index (χ0v) is 16.3. The Morgan fingerprint density at radius 3 is 2.64 bits per heavy atom. The second-order valence-corrected chi connectivity index (χ2v) is 7.09. The molecule has 0 saturated carbocycles. The summed E-state index contributed by atoms with van der Waals surface area (Å²) < 4.78 is 10.9. The lowest BCUT2D eigenvalue weighted by atomic mass is 10.1. The van der Waals surface area contributed by atoms with E-state index in [2.05, 4.69) is 30.1 Å². The molecule has 0 N–H and O–H groups in total. The molecule has 1 fully saturated rings. The van der Waals surface area contributed by atoms with Crippen molar-refractivity contribution < 1.29 is 14.1 Å². The van der Waals surface area contributed by atoms with Gasteiger partial charge in [0.15, 0.2) is 0 Å². The van der Waals surface area contributed by atoms with Gasteiger partial charge in [0.25, 0.3) is 0 Å². The van der Waals surface area contributed by atoms with E-state index in [9.17, 15) is 4.79 Å². The lowest BCUT2D eigenvalue weighted by Gasteiger charge is -2.17. The quantitative estimate of drug-likeness (QED) is 0.664. The van der Waals surface area contributed by atoms with E-state index >= 15 is 0 Å². The molecule has 6 heteroatoms. The van der Waals surface area contributed by atoms with Gasteiger partial charge in [0.1, 0.15) is 5.75 Å². The van der Waals surface area contributed by atoms with Crippen molar-refractivity contribution in [1.82, 2.24) is 10.1 Å². The number of anilines is 1. The van der Waals surface area contributed by atoms with Crippen molar-refractivity contribution in [3.05, 3.63) is 59.5 Å². The van der Waals surface area contributed by atoms with Gasteiger partial charge in [0, 0.05) is 24.2 Å². The second kappa shape index (κ2) is 7.46. The van der Waals surface area contributed by atoms with Crippen molar-refractivity contribution in [1.29, 1.82) is 0 Å². The number of nitrogens with zero attached hydrogens (tertiary/aromatic N) is 3. The molecule has 1 atom stereocenters. The molecule has 4 rings (SSSR count). The number of benzene rings is 2. The van der Waals surface area contributed by atoms with Crippen LogP contribution in [0.2, 0.25) is 0 Å². The van der Waals surface area contributed by atoms with E-state index < -0.39 is 0 Å². The number of aryl methyl sites for hydroxylation is 2. The summed E-state index contributed by atoms with van der Waals surface area (Å²) in [7, 11) is 0. The summed E-state index contributed by atoms with van der Waals surface area (Å²) in [4.78, 5) is 18.9. The SMILES string of the molecule is CCOc1ccc(-c2noc(C3CC(=O)N(c4ccc(C)c(C)c4)C3)n2)cc1. The third-order valence-electron chi connectivity index (χ3n) is 5.14. The number of ether oxygens (including phenoxy) is 1. The average Bonchev–Trinajstić information content (AvgIpc) is 3.32. The number of aromatic nitrogens is 2. The first-order valence-corrected chi connectivity index (χ1v) is 9.49. The Labute approximate surface area is 164 Å². The van der Waals surface area contributed by atoms with Gasteiger partial charge in [-0.2, -0.15) is 4.98 Å². The van der Waals surface area contributed by atoms with Gasteiger partial charge in [0.05, 0.1) is 12.5 Å². The molecule has 1 amide bonds. The Hall–Kier alpha value is -3.15. The molecule has 144 valence electrons. The highest BCUT2D eigenvalue weighted by molar-refractivity contribution is 5.96. The molecule has 28 heavy (non-hydrogen) atoms. The minimum Gasteiger partial charge on any atom is -0.494 e. The van der Waals surface area contributed by atoms with E-state index in [4.69, 9.17) is 9.26 Å². The van der Waals surface area contributed by atoms with E-state index in [-0.39, 0.29) is 11.8 Å². The predicted molar refractivity (Wildman–Crippen MR) is 107 cm³/mol. The van der Waals surface area contributed by atoms with Gasteiger partial charge in [-0.15, -0.1) is 0 Å². The van der Waals surface area contributed by atoms with E-state index in [1.165, 1.54) is 11.1 Å². The largest absolute Gasteiger partial charge is 0.494 e. The summed E-state index contributed by atoms with van der Waals surface area (Å²) in [5.41, 5.74) is 4.16. The number of hydrogen-bond acceptors (Lipinski definition) is 5. The molecular formula is C22H23N3O3. The lowest BCUT2D eigenvalue weighted by molar-refractivity contribution is -0.117. The van der Waals surface area contributed by atoms with Gasteiger partial charge in [-0.25, -0.2) is 0 Å². The van der Waals surface area contributed by atoms with Crippen LogP contribution < -0.4 is 9.64 Å².